The van der Waals surface area contributed by atoms with Crippen LogP contribution < -0.4 is 10.6 Å². The number of nitrogens with zero attached hydrogens (tertiary/aromatic N) is 2. The largest absolute Gasteiger partial charge is 0.399 e. The summed E-state index contributed by atoms with van der Waals surface area (Å²) in [5.41, 5.74) is 7.80. The van der Waals surface area contributed by atoms with E-state index in [1.54, 1.807) is 0 Å². The van der Waals surface area contributed by atoms with Crippen molar-refractivity contribution in [1.82, 2.24) is 4.90 Å². The van der Waals surface area contributed by atoms with Gasteiger partial charge >= 0.3 is 0 Å². The van der Waals surface area contributed by atoms with Gasteiger partial charge in [0.1, 0.15) is 0 Å². The molecule has 2 rings (SSSR count). The van der Waals surface area contributed by atoms with Crippen molar-refractivity contribution in [3.63, 3.8) is 0 Å². The van der Waals surface area contributed by atoms with E-state index >= 15 is 0 Å². The minimum atomic E-state index is 0.802. The van der Waals surface area contributed by atoms with Crippen molar-refractivity contribution in [2.75, 3.05) is 44.4 Å². The fraction of sp³-hybridized carbons (Fsp3) is 0.571. The van der Waals surface area contributed by atoms with Gasteiger partial charge in [0, 0.05) is 23.8 Å². The van der Waals surface area contributed by atoms with Gasteiger partial charge < -0.3 is 15.5 Å². The fourth-order valence-corrected chi connectivity index (χ4v) is 3.26. The van der Waals surface area contributed by atoms with Gasteiger partial charge in [0.15, 0.2) is 0 Å². The summed E-state index contributed by atoms with van der Waals surface area (Å²) in [7, 11) is 4.37. The zero-order valence-corrected chi connectivity index (χ0v) is 12.8. The van der Waals surface area contributed by atoms with Crippen molar-refractivity contribution >= 4 is 27.3 Å². The number of benzene rings is 1. The maximum Gasteiger partial charge on any atom is 0.0509 e. The monoisotopic (exact) mass is 311 g/mol. The molecule has 18 heavy (non-hydrogen) atoms. The molecule has 1 heterocycles. The molecule has 1 aromatic carbocycles. The van der Waals surface area contributed by atoms with Gasteiger partial charge in [-0.1, -0.05) is 0 Å². The van der Waals surface area contributed by atoms with E-state index < -0.39 is 0 Å². The Morgan fingerprint density at radius 3 is 2.67 bits per heavy atom. The van der Waals surface area contributed by atoms with Gasteiger partial charge in [-0.05, 0) is 73.0 Å². The van der Waals surface area contributed by atoms with Gasteiger partial charge in [0.2, 0.25) is 0 Å². The van der Waals surface area contributed by atoms with Crippen LogP contribution in [0.3, 0.4) is 0 Å². The molecule has 1 saturated heterocycles. The highest BCUT2D eigenvalue weighted by atomic mass is 79.9. The predicted octanol–water partition coefficient (Wildman–Crippen LogP) is 2.81. The van der Waals surface area contributed by atoms with Gasteiger partial charge in [0.05, 0.1) is 5.69 Å². The summed E-state index contributed by atoms with van der Waals surface area (Å²) in [6, 6.07) is 6.03. The Kier molecular flexibility index (Phi) is 4.51. The molecule has 0 bridgehead atoms. The lowest BCUT2D eigenvalue weighted by atomic mass is 9.96. The van der Waals surface area contributed by atoms with E-state index in [2.05, 4.69) is 45.9 Å². The summed E-state index contributed by atoms with van der Waals surface area (Å²) in [4.78, 5) is 4.75. The van der Waals surface area contributed by atoms with E-state index in [4.69, 9.17) is 5.73 Å². The Morgan fingerprint density at radius 1 is 1.39 bits per heavy atom. The minimum absolute atomic E-state index is 0.802. The molecule has 0 aliphatic carbocycles. The highest BCUT2D eigenvalue weighted by Gasteiger charge is 2.19. The highest BCUT2D eigenvalue weighted by molar-refractivity contribution is 9.10. The van der Waals surface area contributed by atoms with Crippen LogP contribution in [0, 0.1) is 5.92 Å². The lowest BCUT2D eigenvalue weighted by Gasteiger charge is -2.32. The first-order chi connectivity index (χ1) is 8.56. The van der Waals surface area contributed by atoms with Gasteiger partial charge in [-0.25, -0.2) is 0 Å². The maximum atomic E-state index is 5.77. The summed E-state index contributed by atoms with van der Waals surface area (Å²) in [5.74, 6) is 0.802. The summed E-state index contributed by atoms with van der Waals surface area (Å²) in [6.07, 6.45) is 2.60. The van der Waals surface area contributed by atoms with E-state index in [9.17, 15) is 0 Å². The molecule has 0 radical (unpaired) electrons. The van der Waals surface area contributed by atoms with Crippen LogP contribution in [-0.2, 0) is 0 Å². The standard InChI is InChI=1S/C14H22BrN3/c1-17-7-5-11(6-8-17)10-18(2)14-4-3-12(16)9-13(14)15/h3-4,9,11H,5-8,10,16H2,1-2H3. The Bertz CT molecular complexity index is 400. The molecule has 0 saturated carbocycles. The van der Waals surface area contributed by atoms with Crippen LogP contribution in [0.1, 0.15) is 12.8 Å². The van der Waals surface area contributed by atoms with Crippen molar-refractivity contribution in [2.45, 2.75) is 12.8 Å². The topological polar surface area (TPSA) is 32.5 Å². The number of nitrogens with two attached hydrogens (primary N) is 1. The second-order valence-electron chi connectivity index (χ2n) is 5.34. The van der Waals surface area contributed by atoms with E-state index in [1.165, 1.54) is 31.6 Å². The number of hydrogen-bond donors (Lipinski definition) is 1. The van der Waals surface area contributed by atoms with E-state index in [0.717, 1.165) is 22.6 Å². The molecule has 3 nitrogen and oxygen atoms in total. The zero-order chi connectivity index (χ0) is 13.1. The molecule has 1 aromatic rings. The lowest BCUT2D eigenvalue weighted by Crippen LogP contribution is -2.35. The predicted molar refractivity (Wildman–Crippen MR) is 82.0 cm³/mol. The van der Waals surface area contributed by atoms with Crippen molar-refractivity contribution < 1.29 is 0 Å². The third kappa shape index (κ3) is 3.39. The summed E-state index contributed by atoms with van der Waals surface area (Å²) in [6.45, 7) is 3.57. The van der Waals surface area contributed by atoms with Crippen LogP contribution in [0.5, 0.6) is 0 Å². The van der Waals surface area contributed by atoms with Crippen LogP contribution in [0.15, 0.2) is 22.7 Å². The van der Waals surface area contributed by atoms with Crippen LogP contribution in [-0.4, -0.2) is 38.6 Å². The third-order valence-corrected chi connectivity index (χ3v) is 4.39. The average Bonchev–Trinajstić information content (AvgIpc) is 2.32. The van der Waals surface area contributed by atoms with E-state index in [1.807, 2.05) is 12.1 Å². The van der Waals surface area contributed by atoms with Gasteiger partial charge in [-0.2, -0.15) is 0 Å². The molecular weight excluding hydrogens is 290 g/mol. The number of hydrogen-bond acceptors (Lipinski definition) is 3. The van der Waals surface area contributed by atoms with Crippen molar-refractivity contribution in [3.8, 4) is 0 Å². The second-order valence-corrected chi connectivity index (χ2v) is 6.19. The molecule has 1 aliphatic rings. The Hall–Kier alpha value is -0.740. The third-order valence-electron chi connectivity index (χ3n) is 3.75. The second kappa shape index (κ2) is 5.93. The molecule has 1 aliphatic heterocycles. The SMILES string of the molecule is CN1CCC(CN(C)c2ccc(N)cc2Br)CC1. The molecule has 0 spiro atoms. The number of halogens is 1. The molecule has 0 aromatic heterocycles. The molecule has 2 N–H and O–H groups in total. The van der Waals surface area contributed by atoms with Crippen molar-refractivity contribution in [3.05, 3.63) is 22.7 Å². The van der Waals surface area contributed by atoms with E-state index in [0.29, 0.717) is 0 Å². The number of anilines is 2. The molecule has 4 heteroatoms. The van der Waals surface area contributed by atoms with Crippen molar-refractivity contribution in [1.29, 1.82) is 0 Å². The number of nitrogen functional groups attached to an aromatic ring is 1. The molecule has 0 amide bonds. The smallest absolute Gasteiger partial charge is 0.0509 e. The normalized spacial score (nSPS) is 17.9. The number of piperidine rings is 1. The van der Waals surface area contributed by atoms with Crippen LogP contribution in [0.4, 0.5) is 11.4 Å². The Balaban J connectivity index is 1.97. The minimum Gasteiger partial charge on any atom is -0.399 e. The van der Waals surface area contributed by atoms with Gasteiger partial charge in [-0.3, -0.25) is 0 Å². The zero-order valence-electron chi connectivity index (χ0n) is 11.2. The van der Waals surface area contributed by atoms with Gasteiger partial charge in [-0.15, -0.1) is 0 Å². The summed E-state index contributed by atoms with van der Waals surface area (Å²) in [5, 5.41) is 0. The van der Waals surface area contributed by atoms with Crippen LogP contribution >= 0.6 is 15.9 Å². The van der Waals surface area contributed by atoms with Crippen LogP contribution in [0.25, 0.3) is 0 Å². The lowest BCUT2D eigenvalue weighted by molar-refractivity contribution is 0.222. The molecule has 1 fully saturated rings. The van der Waals surface area contributed by atoms with Crippen molar-refractivity contribution in [2.24, 2.45) is 5.92 Å². The first kappa shape index (κ1) is 13.7. The Morgan fingerprint density at radius 2 is 2.06 bits per heavy atom. The highest BCUT2D eigenvalue weighted by Crippen LogP contribution is 2.29. The summed E-state index contributed by atoms with van der Waals surface area (Å²) < 4.78 is 1.08. The summed E-state index contributed by atoms with van der Waals surface area (Å²) >= 11 is 3.59. The van der Waals surface area contributed by atoms with Gasteiger partial charge in [0.25, 0.3) is 0 Å². The number of rotatable bonds is 3. The number of likely N-dealkylation sites (tertiary alicyclic amines) is 1. The first-order valence-corrected chi connectivity index (χ1v) is 7.30. The first-order valence-electron chi connectivity index (χ1n) is 6.51. The molecule has 100 valence electrons. The van der Waals surface area contributed by atoms with Crippen LogP contribution in [0.2, 0.25) is 0 Å². The van der Waals surface area contributed by atoms with E-state index in [-0.39, 0.29) is 0 Å². The Labute approximate surface area is 118 Å². The molecule has 0 unspecified atom stereocenters. The average molecular weight is 312 g/mol. The maximum absolute atomic E-state index is 5.77. The fourth-order valence-electron chi connectivity index (χ4n) is 2.56. The quantitative estimate of drug-likeness (QED) is 0.871. The molecule has 0 atom stereocenters. The molecular formula is C14H22BrN3.